The van der Waals surface area contributed by atoms with E-state index in [1.54, 1.807) is 0 Å². The quantitative estimate of drug-likeness (QED) is 0.441. The van der Waals surface area contributed by atoms with E-state index in [1.165, 1.54) is 33.2 Å². The lowest BCUT2D eigenvalue weighted by Crippen LogP contribution is -2.08. The van der Waals surface area contributed by atoms with Gasteiger partial charge in [0.1, 0.15) is 0 Å². The van der Waals surface area contributed by atoms with Gasteiger partial charge in [-0.3, -0.25) is 0 Å². The summed E-state index contributed by atoms with van der Waals surface area (Å²) in [4.78, 5) is 5.04. The Bertz CT molecular complexity index is 1050. The number of benzene rings is 3. The molecule has 0 aliphatic heterocycles. The number of aryl methyl sites for hydroxylation is 1. The summed E-state index contributed by atoms with van der Waals surface area (Å²) in [7, 11) is 0. The van der Waals surface area contributed by atoms with Crippen molar-refractivity contribution in [3.05, 3.63) is 90.0 Å². The zero-order chi connectivity index (χ0) is 15.9. The van der Waals surface area contributed by atoms with E-state index in [4.69, 9.17) is 4.98 Å². The summed E-state index contributed by atoms with van der Waals surface area (Å²) in [6.07, 6.45) is 2.14. The highest BCUT2D eigenvalue weighted by Gasteiger charge is 2.22. The smallest absolute Gasteiger partial charge is 0.0750 e. The van der Waals surface area contributed by atoms with Gasteiger partial charge in [0.15, 0.2) is 0 Å². The van der Waals surface area contributed by atoms with Crippen molar-refractivity contribution in [3.8, 4) is 22.4 Å². The normalized spacial score (nSPS) is 12.7. The van der Waals surface area contributed by atoms with Crippen molar-refractivity contribution in [1.82, 2.24) is 4.98 Å². The minimum absolute atomic E-state index is 1.05. The van der Waals surface area contributed by atoms with Crippen LogP contribution in [-0.4, -0.2) is 4.98 Å². The number of rotatable bonds is 1. The summed E-state index contributed by atoms with van der Waals surface area (Å²) < 4.78 is 0. The van der Waals surface area contributed by atoms with Crippen LogP contribution < -0.4 is 0 Å². The Morgan fingerprint density at radius 2 is 1.42 bits per heavy atom. The standard InChI is InChI=1S/C23H17N/c1-2-9-17(10-3-1)22-19-12-6-7-13-21(19)24-23-18-11-5-4-8-16(18)14-15-20(22)23/h1-13H,14-15H2. The molecule has 1 heterocycles. The average molecular weight is 307 g/mol. The van der Waals surface area contributed by atoms with E-state index in [9.17, 15) is 0 Å². The number of pyridine rings is 1. The van der Waals surface area contributed by atoms with Crippen molar-refractivity contribution in [2.75, 3.05) is 0 Å². The summed E-state index contributed by atoms with van der Waals surface area (Å²) in [6, 6.07) is 27.9. The fourth-order valence-corrected chi connectivity index (χ4v) is 3.88. The predicted molar refractivity (Wildman–Crippen MR) is 100 cm³/mol. The van der Waals surface area contributed by atoms with E-state index < -0.39 is 0 Å². The van der Waals surface area contributed by atoms with Crippen LogP contribution in [0.3, 0.4) is 0 Å². The molecule has 0 fully saturated rings. The van der Waals surface area contributed by atoms with Crippen molar-refractivity contribution < 1.29 is 0 Å². The van der Waals surface area contributed by atoms with Crippen molar-refractivity contribution in [2.45, 2.75) is 12.8 Å². The van der Waals surface area contributed by atoms with Gasteiger partial charge in [-0.05, 0) is 41.2 Å². The largest absolute Gasteiger partial charge is 0.247 e. The average Bonchev–Trinajstić information content (AvgIpc) is 2.67. The van der Waals surface area contributed by atoms with Crippen LogP contribution in [0.15, 0.2) is 78.9 Å². The van der Waals surface area contributed by atoms with E-state index in [-0.39, 0.29) is 0 Å². The lowest BCUT2D eigenvalue weighted by molar-refractivity contribution is 0.935. The Morgan fingerprint density at radius 3 is 2.33 bits per heavy atom. The van der Waals surface area contributed by atoms with Gasteiger partial charge in [-0.1, -0.05) is 72.8 Å². The molecule has 114 valence electrons. The first-order chi connectivity index (χ1) is 11.9. The number of nitrogens with zero attached hydrogens (tertiary/aromatic N) is 1. The van der Waals surface area contributed by atoms with Crippen LogP contribution in [0.5, 0.6) is 0 Å². The second kappa shape index (κ2) is 5.31. The minimum Gasteiger partial charge on any atom is -0.247 e. The van der Waals surface area contributed by atoms with Crippen molar-refractivity contribution in [2.24, 2.45) is 0 Å². The van der Waals surface area contributed by atoms with Crippen molar-refractivity contribution >= 4 is 10.9 Å². The van der Waals surface area contributed by atoms with E-state index in [0.29, 0.717) is 0 Å². The van der Waals surface area contributed by atoms with E-state index in [1.807, 2.05) is 0 Å². The Morgan fingerprint density at radius 1 is 0.667 bits per heavy atom. The maximum atomic E-state index is 5.04. The molecule has 0 spiro atoms. The van der Waals surface area contributed by atoms with Gasteiger partial charge in [0.2, 0.25) is 0 Å². The second-order valence-electron chi connectivity index (χ2n) is 6.35. The molecule has 0 N–H and O–H groups in total. The van der Waals surface area contributed by atoms with Crippen LogP contribution >= 0.6 is 0 Å². The lowest BCUT2D eigenvalue weighted by Gasteiger charge is -2.23. The third kappa shape index (κ3) is 1.98. The molecule has 1 aliphatic rings. The summed E-state index contributed by atoms with van der Waals surface area (Å²) in [5.74, 6) is 0. The number of para-hydroxylation sites is 1. The first-order valence-electron chi connectivity index (χ1n) is 8.47. The Balaban J connectivity index is 1.92. The molecule has 0 saturated carbocycles. The minimum atomic E-state index is 1.05. The third-order valence-corrected chi connectivity index (χ3v) is 4.97. The van der Waals surface area contributed by atoms with Gasteiger partial charge in [-0.15, -0.1) is 0 Å². The van der Waals surface area contributed by atoms with E-state index in [2.05, 4.69) is 78.9 Å². The molecule has 0 bridgehead atoms. The molecule has 0 atom stereocenters. The molecule has 1 nitrogen and oxygen atoms in total. The molecule has 1 aliphatic carbocycles. The van der Waals surface area contributed by atoms with Gasteiger partial charge >= 0.3 is 0 Å². The molecule has 5 rings (SSSR count). The Kier molecular flexibility index (Phi) is 2.99. The van der Waals surface area contributed by atoms with Gasteiger partial charge in [0.25, 0.3) is 0 Å². The SMILES string of the molecule is c1ccc(-c2c3c(nc4ccccc24)-c2ccccc2CC3)cc1. The van der Waals surface area contributed by atoms with E-state index >= 15 is 0 Å². The molecular weight excluding hydrogens is 290 g/mol. The Hall–Kier alpha value is -2.93. The molecule has 0 radical (unpaired) electrons. The van der Waals surface area contributed by atoms with Crippen LogP contribution in [0.4, 0.5) is 0 Å². The summed E-state index contributed by atoms with van der Waals surface area (Å²) in [5, 5.41) is 1.25. The lowest BCUT2D eigenvalue weighted by atomic mass is 9.83. The molecule has 1 heteroatoms. The fourth-order valence-electron chi connectivity index (χ4n) is 3.88. The maximum absolute atomic E-state index is 5.04. The van der Waals surface area contributed by atoms with Gasteiger partial charge < -0.3 is 0 Å². The maximum Gasteiger partial charge on any atom is 0.0750 e. The van der Waals surface area contributed by atoms with Gasteiger partial charge in [-0.25, -0.2) is 4.98 Å². The topological polar surface area (TPSA) is 12.9 Å². The molecule has 3 aromatic carbocycles. The molecule has 0 amide bonds. The fraction of sp³-hybridized carbons (Fsp3) is 0.0870. The number of aromatic nitrogens is 1. The third-order valence-electron chi connectivity index (χ3n) is 4.97. The number of fused-ring (bicyclic) bond motifs is 4. The van der Waals surface area contributed by atoms with E-state index in [0.717, 1.165) is 24.1 Å². The highest BCUT2D eigenvalue weighted by Crippen LogP contribution is 2.41. The van der Waals surface area contributed by atoms with Crippen molar-refractivity contribution in [1.29, 1.82) is 0 Å². The zero-order valence-electron chi connectivity index (χ0n) is 13.4. The molecule has 24 heavy (non-hydrogen) atoms. The first kappa shape index (κ1) is 13.5. The molecule has 0 unspecified atom stereocenters. The highest BCUT2D eigenvalue weighted by molar-refractivity contribution is 5.99. The van der Waals surface area contributed by atoms with Crippen LogP contribution in [0.25, 0.3) is 33.3 Å². The second-order valence-corrected chi connectivity index (χ2v) is 6.35. The van der Waals surface area contributed by atoms with Crippen molar-refractivity contribution in [3.63, 3.8) is 0 Å². The van der Waals surface area contributed by atoms with Crippen LogP contribution in [0, 0.1) is 0 Å². The molecule has 1 aromatic heterocycles. The van der Waals surface area contributed by atoms with Crippen LogP contribution in [0.1, 0.15) is 11.1 Å². The summed E-state index contributed by atoms with van der Waals surface area (Å²) in [6.45, 7) is 0. The van der Waals surface area contributed by atoms with Gasteiger partial charge in [0, 0.05) is 10.9 Å². The number of hydrogen-bond acceptors (Lipinski definition) is 1. The first-order valence-corrected chi connectivity index (χ1v) is 8.47. The van der Waals surface area contributed by atoms with Crippen LogP contribution in [0.2, 0.25) is 0 Å². The molecule has 0 saturated heterocycles. The summed E-state index contributed by atoms with van der Waals surface area (Å²) >= 11 is 0. The predicted octanol–water partition coefficient (Wildman–Crippen LogP) is 5.67. The van der Waals surface area contributed by atoms with Crippen LogP contribution in [-0.2, 0) is 12.8 Å². The summed E-state index contributed by atoms with van der Waals surface area (Å²) in [5.41, 5.74) is 8.96. The Labute approximate surface area is 141 Å². The highest BCUT2D eigenvalue weighted by atomic mass is 14.7. The number of hydrogen-bond donors (Lipinski definition) is 0. The monoisotopic (exact) mass is 307 g/mol. The van der Waals surface area contributed by atoms with Gasteiger partial charge in [0.05, 0.1) is 11.2 Å². The molecule has 4 aromatic rings. The van der Waals surface area contributed by atoms with Gasteiger partial charge in [-0.2, -0.15) is 0 Å². The zero-order valence-corrected chi connectivity index (χ0v) is 13.4. The molecular formula is C23H17N.